The summed E-state index contributed by atoms with van der Waals surface area (Å²) in [5.41, 5.74) is 4.44. The lowest BCUT2D eigenvalue weighted by atomic mass is 10.1. The van der Waals surface area contributed by atoms with E-state index in [1.54, 1.807) is 0 Å². The molecule has 1 radical (unpaired) electrons. The van der Waals surface area contributed by atoms with Gasteiger partial charge in [-0.3, -0.25) is 4.68 Å². The summed E-state index contributed by atoms with van der Waals surface area (Å²) in [5, 5.41) is 16.2. The van der Waals surface area contributed by atoms with Gasteiger partial charge in [0, 0.05) is 30.3 Å². The second-order valence-electron chi connectivity index (χ2n) is 5.20. The topological polar surface area (TPSA) is 55.6 Å². The Labute approximate surface area is 112 Å². The van der Waals surface area contributed by atoms with E-state index in [9.17, 15) is 0 Å². The van der Waals surface area contributed by atoms with Gasteiger partial charge in [0.25, 0.3) is 0 Å². The van der Waals surface area contributed by atoms with Crippen molar-refractivity contribution in [1.29, 1.82) is 0 Å². The number of fused-ring (bicyclic) bond motifs is 1. The summed E-state index contributed by atoms with van der Waals surface area (Å²) >= 11 is 0. The monoisotopic (exact) mass is 254 g/mol. The van der Waals surface area contributed by atoms with Crippen molar-refractivity contribution >= 4 is 5.69 Å². The molecule has 0 saturated heterocycles. The minimum Gasteiger partial charge on any atom is -0.383 e. The van der Waals surface area contributed by atoms with Crippen LogP contribution in [0.2, 0.25) is 0 Å². The second kappa shape index (κ2) is 4.33. The number of rotatable bonds is 2. The van der Waals surface area contributed by atoms with Crippen LogP contribution in [0, 0.1) is 6.04 Å². The minimum absolute atomic E-state index is 0.951. The molecule has 97 valence electrons. The fourth-order valence-electron chi connectivity index (χ4n) is 2.97. The summed E-state index contributed by atoms with van der Waals surface area (Å²) in [5.74, 6) is 0. The zero-order chi connectivity index (χ0) is 12.7. The molecule has 1 aliphatic heterocycles. The van der Waals surface area contributed by atoms with E-state index in [-0.39, 0.29) is 0 Å². The number of aromatic nitrogens is 4. The molecule has 5 heteroatoms. The van der Waals surface area contributed by atoms with Gasteiger partial charge in [-0.25, -0.2) is 0 Å². The molecule has 3 heterocycles. The van der Waals surface area contributed by atoms with Crippen LogP contribution in [0.1, 0.15) is 31.4 Å². The first kappa shape index (κ1) is 11.0. The van der Waals surface area contributed by atoms with Crippen molar-refractivity contribution in [2.24, 2.45) is 0 Å². The highest BCUT2D eigenvalue weighted by atomic mass is 15.3. The van der Waals surface area contributed by atoms with Crippen molar-refractivity contribution in [3.05, 3.63) is 30.3 Å². The Bertz CT molecular complexity index is 598. The van der Waals surface area contributed by atoms with E-state index >= 15 is 0 Å². The molecule has 1 aliphatic carbocycles. The van der Waals surface area contributed by atoms with E-state index in [2.05, 4.69) is 26.8 Å². The summed E-state index contributed by atoms with van der Waals surface area (Å²) in [7, 11) is 0. The Morgan fingerprint density at radius 2 is 2.00 bits per heavy atom. The van der Waals surface area contributed by atoms with E-state index in [0.29, 0.717) is 0 Å². The molecule has 19 heavy (non-hydrogen) atoms. The first-order valence-corrected chi connectivity index (χ1v) is 6.90. The average molecular weight is 254 g/mol. The Morgan fingerprint density at radius 1 is 1.11 bits per heavy atom. The fraction of sp³-hybridized carbons (Fsp3) is 0.429. The Balaban J connectivity index is 1.71. The summed E-state index contributed by atoms with van der Waals surface area (Å²) in [6.07, 6.45) is 11.8. The van der Waals surface area contributed by atoms with Crippen LogP contribution in [-0.4, -0.2) is 26.5 Å². The van der Waals surface area contributed by atoms with E-state index in [1.807, 2.05) is 17.1 Å². The zero-order valence-corrected chi connectivity index (χ0v) is 10.8. The molecule has 0 spiro atoms. The van der Waals surface area contributed by atoms with Crippen molar-refractivity contribution < 1.29 is 0 Å². The Morgan fingerprint density at radius 3 is 2.89 bits per heavy atom. The van der Waals surface area contributed by atoms with Crippen LogP contribution < -0.4 is 5.32 Å². The summed E-state index contributed by atoms with van der Waals surface area (Å²) in [6.45, 7) is 0.951. The predicted molar refractivity (Wildman–Crippen MR) is 72.6 cm³/mol. The SMILES string of the molecule is c1nn([C]2CCCC2)cc1-c1cnnc2c1NCC2. The molecule has 2 aromatic heterocycles. The predicted octanol–water partition coefficient (Wildman–Crippen LogP) is 2.26. The minimum atomic E-state index is 0.951. The number of nitrogens with one attached hydrogen (secondary N) is 1. The van der Waals surface area contributed by atoms with Gasteiger partial charge in [0.15, 0.2) is 0 Å². The fourth-order valence-corrected chi connectivity index (χ4v) is 2.97. The second-order valence-corrected chi connectivity index (χ2v) is 5.20. The van der Waals surface area contributed by atoms with E-state index in [1.165, 1.54) is 31.7 Å². The van der Waals surface area contributed by atoms with Crippen molar-refractivity contribution in [3.8, 4) is 11.1 Å². The highest BCUT2D eigenvalue weighted by Gasteiger charge is 2.21. The van der Waals surface area contributed by atoms with E-state index in [0.717, 1.165) is 35.5 Å². The maximum atomic E-state index is 4.50. The van der Waals surface area contributed by atoms with Gasteiger partial charge in [0.1, 0.15) is 0 Å². The van der Waals surface area contributed by atoms with Gasteiger partial charge in [-0.2, -0.15) is 15.3 Å². The number of hydrogen-bond donors (Lipinski definition) is 1. The van der Waals surface area contributed by atoms with E-state index in [4.69, 9.17) is 0 Å². The van der Waals surface area contributed by atoms with Gasteiger partial charge in [-0.1, -0.05) is 12.8 Å². The van der Waals surface area contributed by atoms with Gasteiger partial charge >= 0.3 is 0 Å². The lowest BCUT2D eigenvalue weighted by molar-refractivity contribution is 0.650. The van der Waals surface area contributed by atoms with Gasteiger partial charge < -0.3 is 5.32 Å². The lowest BCUT2D eigenvalue weighted by Gasteiger charge is -2.08. The largest absolute Gasteiger partial charge is 0.383 e. The average Bonchev–Trinajstić information content (AvgIpc) is 3.18. The quantitative estimate of drug-likeness (QED) is 0.893. The highest BCUT2D eigenvalue weighted by Crippen LogP contribution is 2.34. The Kier molecular flexibility index (Phi) is 2.50. The molecule has 1 fully saturated rings. The summed E-state index contributed by atoms with van der Waals surface area (Å²) in [6, 6.07) is 1.43. The summed E-state index contributed by atoms with van der Waals surface area (Å²) < 4.78 is 2.05. The Hall–Kier alpha value is -1.91. The molecule has 1 N–H and O–H groups in total. The molecule has 2 aromatic rings. The molecule has 0 atom stereocenters. The normalized spacial score (nSPS) is 18.5. The third-order valence-electron chi connectivity index (χ3n) is 3.99. The molecule has 4 rings (SSSR count). The lowest BCUT2D eigenvalue weighted by Crippen LogP contribution is -2.05. The number of nitrogens with zero attached hydrogens (tertiary/aromatic N) is 4. The molecule has 0 aromatic carbocycles. The van der Waals surface area contributed by atoms with Crippen LogP contribution in [0.3, 0.4) is 0 Å². The van der Waals surface area contributed by atoms with Crippen LogP contribution in [0.15, 0.2) is 18.6 Å². The van der Waals surface area contributed by atoms with Crippen LogP contribution in [-0.2, 0) is 6.42 Å². The van der Waals surface area contributed by atoms with Gasteiger partial charge in [0.05, 0.1) is 29.8 Å². The van der Waals surface area contributed by atoms with Gasteiger partial charge in [-0.05, 0) is 12.8 Å². The molecule has 1 saturated carbocycles. The molecule has 0 unspecified atom stereocenters. The maximum Gasteiger partial charge on any atom is 0.0885 e. The molecule has 2 aliphatic rings. The van der Waals surface area contributed by atoms with Crippen molar-refractivity contribution in [2.75, 3.05) is 11.9 Å². The standard InChI is InChI=1S/C14H16N5/c1-2-4-11(3-1)19-9-10(7-17-19)12-8-16-18-13-5-6-15-14(12)13/h7-9,15H,1-6H2. The zero-order valence-electron chi connectivity index (χ0n) is 10.8. The highest BCUT2D eigenvalue weighted by molar-refractivity contribution is 5.79. The van der Waals surface area contributed by atoms with Gasteiger partial charge in [0.2, 0.25) is 0 Å². The van der Waals surface area contributed by atoms with Gasteiger partial charge in [-0.15, -0.1) is 0 Å². The van der Waals surface area contributed by atoms with Crippen LogP contribution in [0.5, 0.6) is 0 Å². The first-order chi connectivity index (χ1) is 9.42. The van der Waals surface area contributed by atoms with Crippen molar-refractivity contribution in [3.63, 3.8) is 0 Å². The third kappa shape index (κ3) is 1.80. The van der Waals surface area contributed by atoms with Crippen molar-refractivity contribution in [2.45, 2.75) is 32.1 Å². The molecule has 0 bridgehead atoms. The maximum absolute atomic E-state index is 4.50. The molecule has 5 nitrogen and oxygen atoms in total. The first-order valence-electron chi connectivity index (χ1n) is 6.90. The summed E-state index contributed by atoms with van der Waals surface area (Å²) in [4.78, 5) is 0. The molecular formula is C14H16N5. The molecular weight excluding hydrogens is 238 g/mol. The van der Waals surface area contributed by atoms with Crippen LogP contribution >= 0.6 is 0 Å². The van der Waals surface area contributed by atoms with Crippen LogP contribution in [0.4, 0.5) is 5.69 Å². The molecule has 0 amide bonds. The number of hydrogen-bond acceptors (Lipinski definition) is 4. The number of anilines is 1. The smallest absolute Gasteiger partial charge is 0.0885 e. The van der Waals surface area contributed by atoms with Crippen molar-refractivity contribution in [1.82, 2.24) is 20.0 Å². The van der Waals surface area contributed by atoms with E-state index < -0.39 is 0 Å². The van der Waals surface area contributed by atoms with Crippen LogP contribution in [0.25, 0.3) is 11.1 Å². The third-order valence-corrected chi connectivity index (χ3v) is 3.99.